The molecule has 0 amide bonds. The molecule has 0 unspecified atom stereocenters. The number of aryl methyl sites for hydroxylation is 1. The van der Waals surface area contributed by atoms with Crippen molar-refractivity contribution in [3.05, 3.63) is 52.6 Å². The monoisotopic (exact) mass is 282 g/mol. The van der Waals surface area contributed by atoms with Gasteiger partial charge in [-0.25, -0.2) is 9.07 Å². The summed E-state index contributed by atoms with van der Waals surface area (Å²) in [5.74, 6) is -1.19. The van der Waals surface area contributed by atoms with Gasteiger partial charge in [0.05, 0.1) is 12.7 Å². The molecule has 0 fully saturated rings. The van der Waals surface area contributed by atoms with Crippen molar-refractivity contribution in [1.82, 2.24) is 9.78 Å². The Kier molecular flexibility index (Phi) is 4.16. The van der Waals surface area contributed by atoms with Gasteiger partial charge in [-0.3, -0.25) is 4.79 Å². The second-order valence-corrected chi connectivity index (χ2v) is 4.50. The number of carboxylic acid groups (broad SMARTS) is 1. The van der Waals surface area contributed by atoms with E-state index in [1.54, 1.807) is 18.3 Å². The summed E-state index contributed by atoms with van der Waals surface area (Å²) in [6, 6.07) is 6.17. The van der Waals surface area contributed by atoms with Gasteiger partial charge in [-0.1, -0.05) is 23.7 Å². The topological polar surface area (TPSA) is 55.1 Å². The van der Waals surface area contributed by atoms with Gasteiger partial charge in [0.1, 0.15) is 11.0 Å². The number of hydrogen-bond donors (Lipinski definition) is 1. The summed E-state index contributed by atoms with van der Waals surface area (Å²) in [5.41, 5.74) is 1.43. The van der Waals surface area contributed by atoms with E-state index < -0.39 is 5.97 Å². The third kappa shape index (κ3) is 3.54. The van der Waals surface area contributed by atoms with Crippen LogP contribution >= 0.6 is 11.6 Å². The van der Waals surface area contributed by atoms with Gasteiger partial charge in [0.15, 0.2) is 0 Å². The fourth-order valence-corrected chi connectivity index (χ4v) is 1.98. The molecule has 0 saturated heterocycles. The predicted molar refractivity (Wildman–Crippen MR) is 68.7 cm³/mol. The van der Waals surface area contributed by atoms with Crippen LogP contribution < -0.4 is 0 Å². The summed E-state index contributed by atoms with van der Waals surface area (Å²) in [7, 11) is 0. The number of nitrogens with zero attached hydrogens (tertiary/aromatic N) is 2. The van der Waals surface area contributed by atoms with E-state index in [0.29, 0.717) is 23.7 Å². The molecule has 0 bridgehead atoms. The Labute approximate surface area is 114 Å². The fourth-order valence-electron chi connectivity index (χ4n) is 1.74. The highest BCUT2D eigenvalue weighted by molar-refractivity contribution is 6.30. The molecule has 2 rings (SSSR count). The summed E-state index contributed by atoms with van der Waals surface area (Å²) in [5, 5.41) is 13.1. The molecule has 1 aromatic heterocycles. The smallest absolute Gasteiger partial charge is 0.303 e. The normalized spacial score (nSPS) is 10.6. The van der Waals surface area contributed by atoms with Gasteiger partial charge < -0.3 is 5.11 Å². The average Bonchev–Trinajstić information content (AvgIpc) is 2.68. The molecule has 100 valence electrons. The van der Waals surface area contributed by atoms with Crippen molar-refractivity contribution in [3.8, 4) is 0 Å². The molecule has 0 aliphatic carbocycles. The zero-order chi connectivity index (χ0) is 13.8. The average molecular weight is 283 g/mol. The number of rotatable bonds is 5. The van der Waals surface area contributed by atoms with Gasteiger partial charge in [0, 0.05) is 12.0 Å². The van der Waals surface area contributed by atoms with Crippen LogP contribution in [-0.4, -0.2) is 20.9 Å². The van der Waals surface area contributed by atoms with Gasteiger partial charge in [-0.05, 0) is 24.1 Å². The lowest BCUT2D eigenvalue weighted by molar-refractivity contribution is -0.136. The molecule has 0 radical (unpaired) electrons. The number of hydrogen-bond acceptors (Lipinski definition) is 2. The number of benzene rings is 1. The summed E-state index contributed by atoms with van der Waals surface area (Å²) in [4.78, 5) is 10.5. The number of carbonyl (C=O) groups is 1. The summed E-state index contributed by atoms with van der Waals surface area (Å²) < 4.78 is 14.6. The maximum Gasteiger partial charge on any atom is 0.303 e. The number of halogens is 2. The van der Waals surface area contributed by atoms with E-state index in [1.165, 1.54) is 16.8 Å². The van der Waals surface area contributed by atoms with Gasteiger partial charge >= 0.3 is 5.97 Å². The minimum Gasteiger partial charge on any atom is -0.481 e. The first kappa shape index (κ1) is 13.5. The quantitative estimate of drug-likeness (QED) is 0.917. The minimum atomic E-state index is -0.881. The predicted octanol–water partition coefficient (Wildman–Crippen LogP) is 2.74. The van der Waals surface area contributed by atoms with E-state index in [2.05, 4.69) is 5.10 Å². The Morgan fingerprint density at radius 2 is 2.26 bits per heavy atom. The van der Waals surface area contributed by atoms with E-state index in [-0.39, 0.29) is 12.2 Å². The van der Waals surface area contributed by atoms with Gasteiger partial charge in [-0.2, -0.15) is 5.10 Å². The maximum absolute atomic E-state index is 13.1. The number of aliphatic carboxylic acids is 1. The zero-order valence-corrected chi connectivity index (χ0v) is 10.8. The van der Waals surface area contributed by atoms with Crippen molar-refractivity contribution in [2.24, 2.45) is 0 Å². The largest absolute Gasteiger partial charge is 0.481 e. The van der Waals surface area contributed by atoms with Gasteiger partial charge in [0.2, 0.25) is 0 Å². The Morgan fingerprint density at radius 3 is 2.95 bits per heavy atom. The highest BCUT2D eigenvalue weighted by Gasteiger charge is 2.10. The van der Waals surface area contributed by atoms with Crippen molar-refractivity contribution in [2.75, 3.05) is 0 Å². The summed E-state index contributed by atoms with van der Waals surface area (Å²) in [6.45, 7) is 0.351. The van der Waals surface area contributed by atoms with Crippen molar-refractivity contribution < 1.29 is 14.3 Å². The molecule has 1 N–H and O–H groups in total. The standard InChI is InChI=1S/C13H12ClFN2O2/c14-13-10(4-5-12(18)19)7-16-17(13)8-9-2-1-3-11(15)6-9/h1-3,6-7H,4-5,8H2,(H,18,19). The molecule has 4 nitrogen and oxygen atoms in total. The lowest BCUT2D eigenvalue weighted by Gasteiger charge is -2.04. The van der Waals surface area contributed by atoms with Crippen LogP contribution in [0.2, 0.25) is 5.15 Å². The van der Waals surface area contributed by atoms with Crippen molar-refractivity contribution in [1.29, 1.82) is 0 Å². The van der Waals surface area contributed by atoms with Crippen molar-refractivity contribution in [2.45, 2.75) is 19.4 Å². The summed E-state index contributed by atoms with van der Waals surface area (Å²) in [6.07, 6.45) is 1.88. The van der Waals surface area contributed by atoms with Crippen LogP contribution in [0, 0.1) is 5.82 Å². The highest BCUT2D eigenvalue weighted by Crippen LogP contribution is 2.18. The van der Waals surface area contributed by atoms with Gasteiger partial charge in [0.25, 0.3) is 0 Å². The molecule has 0 atom stereocenters. The minimum absolute atomic E-state index is 0.00534. The van der Waals surface area contributed by atoms with Crippen LogP contribution in [0.5, 0.6) is 0 Å². The van der Waals surface area contributed by atoms with E-state index in [4.69, 9.17) is 16.7 Å². The lowest BCUT2D eigenvalue weighted by Crippen LogP contribution is -2.02. The Bertz CT molecular complexity index is 598. The highest BCUT2D eigenvalue weighted by atomic mass is 35.5. The third-order valence-electron chi connectivity index (χ3n) is 2.67. The van der Waals surface area contributed by atoms with Crippen LogP contribution in [0.3, 0.4) is 0 Å². The van der Waals surface area contributed by atoms with Crippen LogP contribution in [-0.2, 0) is 17.8 Å². The second kappa shape index (κ2) is 5.84. The molecule has 0 spiro atoms. The van der Waals surface area contributed by atoms with Crippen molar-refractivity contribution in [3.63, 3.8) is 0 Å². The van der Waals surface area contributed by atoms with Gasteiger partial charge in [-0.15, -0.1) is 0 Å². The Balaban J connectivity index is 2.11. The third-order valence-corrected chi connectivity index (χ3v) is 3.11. The van der Waals surface area contributed by atoms with Crippen LogP contribution in [0.1, 0.15) is 17.5 Å². The summed E-state index contributed by atoms with van der Waals surface area (Å²) >= 11 is 6.11. The van der Waals surface area contributed by atoms with Crippen molar-refractivity contribution >= 4 is 17.6 Å². The molecule has 1 aromatic carbocycles. The molecule has 6 heteroatoms. The van der Waals surface area contributed by atoms with E-state index >= 15 is 0 Å². The zero-order valence-electron chi connectivity index (χ0n) is 10.0. The molecule has 0 saturated carbocycles. The second-order valence-electron chi connectivity index (χ2n) is 4.14. The van der Waals surface area contributed by atoms with Crippen LogP contribution in [0.25, 0.3) is 0 Å². The van der Waals surface area contributed by atoms with E-state index in [9.17, 15) is 9.18 Å². The number of carboxylic acids is 1. The van der Waals surface area contributed by atoms with Crippen LogP contribution in [0.15, 0.2) is 30.5 Å². The molecule has 2 aromatic rings. The SMILES string of the molecule is O=C(O)CCc1cnn(Cc2cccc(F)c2)c1Cl. The first-order valence-electron chi connectivity index (χ1n) is 5.72. The Hall–Kier alpha value is -1.88. The first-order chi connectivity index (χ1) is 9.06. The van der Waals surface area contributed by atoms with E-state index in [0.717, 1.165) is 5.56 Å². The maximum atomic E-state index is 13.1. The molecule has 0 aliphatic heterocycles. The molecular weight excluding hydrogens is 271 g/mol. The van der Waals surface area contributed by atoms with E-state index in [1.807, 2.05) is 0 Å². The molecule has 19 heavy (non-hydrogen) atoms. The first-order valence-corrected chi connectivity index (χ1v) is 6.10. The Morgan fingerprint density at radius 1 is 1.47 bits per heavy atom. The number of aromatic nitrogens is 2. The lowest BCUT2D eigenvalue weighted by atomic mass is 10.2. The fraction of sp³-hybridized carbons (Fsp3) is 0.231. The van der Waals surface area contributed by atoms with Crippen LogP contribution in [0.4, 0.5) is 4.39 Å². The molecule has 1 heterocycles. The molecular formula is C13H12ClFN2O2. The molecule has 0 aliphatic rings.